The molecule has 0 saturated heterocycles. The van der Waals surface area contributed by atoms with Crippen LogP contribution in [0.1, 0.15) is 26.3 Å². The van der Waals surface area contributed by atoms with Crippen LogP contribution < -0.4 is 30.2 Å². The molecular formula is C31H29N3O6. The molecule has 0 spiro atoms. The molecule has 0 heterocycles. The van der Waals surface area contributed by atoms with E-state index in [-0.39, 0.29) is 23.0 Å². The van der Waals surface area contributed by atoms with E-state index < -0.39 is 11.9 Å². The lowest BCUT2D eigenvalue weighted by Crippen LogP contribution is -2.34. The molecule has 0 atom stereocenters. The molecule has 0 aliphatic heterocycles. The number of imide groups is 1. The van der Waals surface area contributed by atoms with Gasteiger partial charge in [-0.25, -0.2) is 4.79 Å². The van der Waals surface area contributed by atoms with E-state index in [0.717, 1.165) is 11.1 Å². The highest BCUT2D eigenvalue weighted by Crippen LogP contribution is 2.38. The molecule has 9 nitrogen and oxygen atoms in total. The van der Waals surface area contributed by atoms with Gasteiger partial charge in [0.05, 0.1) is 21.3 Å². The first-order chi connectivity index (χ1) is 19.3. The average Bonchev–Trinajstić information content (AvgIpc) is 2.98. The largest absolute Gasteiger partial charge is 0.493 e. The fourth-order valence-corrected chi connectivity index (χ4v) is 4.09. The van der Waals surface area contributed by atoms with Crippen LogP contribution in [0.25, 0.3) is 11.1 Å². The summed E-state index contributed by atoms with van der Waals surface area (Å²) in [7, 11) is 4.31. The van der Waals surface area contributed by atoms with Crippen LogP contribution in [0.5, 0.6) is 17.2 Å². The summed E-state index contributed by atoms with van der Waals surface area (Å²) in [6.45, 7) is 1.75. The zero-order chi connectivity index (χ0) is 28.6. The highest BCUT2D eigenvalue weighted by Gasteiger charge is 2.19. The van der Waals surface area contributed by atoms with Crippen LogP contribution >= 0.6 is 0 Å². The van der Waals surface area contributed by atoms with E-state index in [9.17, 15) is 14.4 Å². The maximum atomic E-state index is 12.9. The van der Waals surface area contributed by atoms with E-state index in [4.69, 9.17) is 14.2 Å². The van der Waals surface area contributed by atoms with Gasteiger partial charge < -0.3 is 24.8 Å². The number of rotatable bonds is 8. The lowest BCUT2D eigenvalue weighted by molar-refractivity contribution is 0.0965. The number of nitrogens with one attached hydrogen (secondary N) is 3. The van der Waals surface area contributed by atoms with Gasteiger partial charge >= 0.3 is 6.03 Å². The summed E-state index contributed by atoms with van der Waals surface area (Å²) < 4.78 is 15.8. The molecule has 4 aromatic carbocycles. The standard InChI is InChI=1S/C31H29N3O6/c1-19-24(32-29(35)22-15-13-21(14-16-22)20-9-6-5-7-10-20)11-8-12-25(19)33-31(37)34-30(36)23-17-26(38-2)28(40-4)27(18-23)39-3/h5-18H,1-4H3,(H,32,35)(H2,33,34,36,37). The van der Waals surface area contributed by atoms with Gasteiger partial charge in [0, 0.05) is 22.5 Å². The van der Waals surface area contributed by atoms with Gasteiger partial charge in [-0.15, -0.1) is 0 Å². The van der Waals surface area contributed by atoms with Crippen molar-refractivity contribution < 1.29 is 28.6 Å². The van der Waals surface area contributed by atoms with Gasteiger partial charge in [-0.05, 0) is 60.0 Å². The first-order valence-electron chi connectivity index (χ1n) is 12.3. The van der Waals surface area contributed by atoms with Crippen molar-refractivity contribution in [2.45, 2.75) is 6.92 Å². The predicted molar refractivity (Wildman–Crippen MR) is 154 cm³/mol. The zero-order valence-electron chi connectivity index (χ0n) is 22.5. The normalized spacial score (nSPS) is 10.3. The van der Waals surface area contributed by atoms with Gasteiger partial charge in [-0.3, -0.25) is 14.9 Å². The van der Waals surface area contributed by atoms with Gasteiger partial charge in [0.2, 0.25) is 5.75 Å². The average molecular weight is 540 g/mol. The maximum Gasteiger partial charge on any atom is 0.326 e. The first-order valence-corrected chi connectivity index (χ1v) is 12.3. The van der Waals surface area contributed by atoms with Crippen molar-refractivity contribution in [1.82, 2.24) is 5.32 Å². The third kappa shape index (κ3) is 6.21. The van der Waals surface area contributed by atoms with E-state index in [2.05, 4.69) is 16.0 Å². The van der Waals surface area contributed by atoms with Crippen LogP contribution in [-0.4, -0.2) is 39.2 Å². The van der Waals surface area contributed by atoms with Gasteiger partial charge in [0.1, 0.15) is 0 Å². The van der Waals surface area contributed by atoms with Crippen LogP contribution in [0, 0.1) is 6.92 Å². The molecule has 4 amide bonds. The Labute approximate surface area is 232 Å². The van der Waals surface area contributed by atoms with Gasteiger partial charge in [-0.1, -0.05) is 48.5 Å². The molecule has 4 rings (SSSR count). The van der Waals surface area contributed by atoms with Gasteiger partial charge in [0.15, 0.2) is 11.5 Å². The Morgan fingerprint density at radius 2 is 1.18 bits per heavy atom. The summed E-state index contributed by atoms with van der Waals surface area (Å²) in [6, 6.07) is 24.4. The molecule has 0 fully saturated rings. The van der Waals surface area contributed by atoms with Crippen LogP contribution in [0.15, 0.2) is 84.9 Å². The number of ether oxygens (including phenoxy) is 3. The number of hydrogen-bond acceptors (Lipinski definition) is 6. The highest BCUT2D eigenvalue weighted by molar-refractivity contribution is 6.09. The molecule has 204 valence electrons. The Hall–Kier alpha value is -5.31. The Balaban J connectivity index is 1.43. The Kier molecular flexibility index (Phi) is 8.65. The second-order valence-corrected chi connectivity index (χ2v) is 8.70. The predicted octanol–water partition coefficient (Wildman–Crippen LogP) is 5.90. The third-order valence-electron chi connectivity index (χ3n) is 6.24. The lowest BCUT2D eigenvalue weighted by atomic mass is 10.0. The summed E-state index contributed by atoms with van der Waals surface area (Å²) in [4.78, 5) is 38.4. The molecule has 0 saturated carbocycles. The summed E-state index contributed by atoms with van der Waals surface area (Å²) >= 11 is 0. The second kappa shape index (κ2) is 12.5. The molecule has 0 aliphatic rings. The first kappa shape index (κ1) is 27.7. The van der Waals surface area contributed by atoms with Gasteiger partial charge in [-0.2, -0.15) is 0 Å². The summed E-state index contributed by atoms with van der Waals surface area (Å²) in [5.41, 5.74) is 4.26. The minimum Gasteiger partial charge on any atom is -0.493 e. The van der Waals surface area contributed by atoms with Crippen molar-refractivity contribution in [2.75, 3.05) is 32.0 Å². The summed E-state index contributed by atoms with van der Waals surface area (Å²) in [5, 5.41) is 7.83. The quantitative estimate of drug-likeness (QED) is 0.257. The molecule has 0 aliphatic carbocycles. The Morgan fingerprint density at radius 1 is 0.600 bits per heavy atom. The number of hydrogen-bond donors (Lipinski definition) is 3. The molecule has 0 unspecified atom stereocenters. The number of urea groups is 1. The number of amides is 4. The van der Waals surface area contributed by atoms with Crippen molar-refractivity contribution in [3.8, 4) is 28.4 Å². The van der Waals surface area contributed by atoms with Crippen molar-refractivity contribution in [1.29, 1.82) is 0 Å². The lowest BCUT2D eigenvalue weighted by Gasteiger charge is -2.15. The van der Waals surface area contributed by atoms with E-state index in [1.807, 2.05) is 42.5 Å². The van der Waals surface area contributed by atoms with E-state index in [1.54, 1.807) is 37.3 Å². The summed E-state index contributed by atoms with van der Waals surface area (Å²) in [6.07, 6.45) is 0. The number of methoxy groups -OCH3 is 3. The molecule has 0 bridgehead atoms. The van der Waals surface area contributed by atoms with Gasteiger partial charge in [0.25, 0.3) is 11.8 Å². The monoisotopic (exact) mass is 539 g/mol. The molecular weight excluding hydrogens is 510 g/mol. The number of benzene rings is 4. The topological polar surface area (TPSA) is 115 Å². The molecule has 3 N–H and O–H groups in total. The summed E-state index contributed by atoms with van der Waals surface area (Å²) in [5.74, 6) is -0.0740. The highest BCUT2D eigenvalue weighted by atomic mass is 16.5. The van der Waals surface area contributed by atoms with E-state index >= 15 is 0 Å². The van der Waals surface area contributed by atoms with Crippen LogP contribution in [0.2, 0.25) is 0 Å². The van der Waals surface area contributed by atoms with Crippen LogP contribution in [0.3, 0.4) is 0 Å². The Morgan fingerprint density at radius 3 is 1.75 bits per heavy atom. The van der Waals surface area contributed by atoms with Crippen molar-refractivity contribution in [3.63, 3.8) is 0 Å². The van der Waals surface area contributed by atoms with Crippen molar-refractivity contribution in [3.05, 3.63) is 102 Å². The SMILES string of the molecule is COc1cc(C(=O)NC(=O)Nc2cccc(NC(=O)c3ccc(-c4ccccc4)cc3)c2C)cc(OC)c1OC. The smallest absolute Gasteiger partial charge is 0.326 e. The Bertz CT molecular complexity index is 1510. The van der Waals surface area contributed by atoms with Crippen molar-refractivity contribution in [2.24, 2.45) is 0 Å². The minimum absolute atomic E-state index is 0.140. The molecule has 0 aromatic heterocycles. The molecule has 4 aromatic rings. The zero-order valence-corrected chi connectivity index (χ0v) is 22.5. The maximum absolute atomic E-state index is 12.9. The number of anilines is 2. The molecule has 0 radical (unpaired) electrons. The van der Waals surface area contributed by atoms with Crippen LogP contribution in [0.4, 0.5) is 16.2 Å². The number of carbonyl (C=O) groups is 3. The van der Waals surface area contributed by atoms with Crippen molar-refractivity contribution >= 4 is 29.2 Å². The number of carbonyl (C=O) groups excluding carboxylic acids is 3. The third-order valence-corrected chi connectivity index (χ3v) is 6.24. The fraction of sp³-hybridized carbons (Fsp3) is 0.129. The molecule has 40 heavy (non-hydrogen) atoms. The second-order valence-electron chi connectivity index (χ2n) is 8.70. The van der Waals surface area contributed by atoms with E-state index in [0.29, 0.717) is 28.3 Å². The minimum atomic E-state index is -0.748. The van der Waals surface area contributed by atoms with E-state index in [1.165, 1.54) is 33.5 Å². The molecule has 9 heteroatoms. The fourth-order valence-electron chi connectivity index (χ4n) is 4.09. The van der Waals surface area contributed by atoms with Crippen LogP contribution in [-0.2, 0) is 0 Å².